The highest BCUT2D eigenvalue weighted by Gasteiger charge is 2.42. The molecule has 0 aromatic heterocycles. The molecule has 3 atom stereocenters. The molecule has 0 saturated carbocycles. The molecule has 0 saturated heterocycles. The molecule has 1 aliphatic rings. The van der Waals surface area contributed by atoms with Crippen LogP contribution in [0, 0.1) is 18.2 Å². The summed E-state index contributed by atoms with van der Waals surface area (Å²) in [5, 5.41) is 20.7. The van der Waals surface area contributed by atoms with Gasteiger partial charge in [0.15, 0.2) is 8.32 Å². The maximum Gasteiger partial charge on any atom is 0.308 e. The second-order valence-electron chi connectivity index (χ2n) is 12.2. The first kappa shape index (κ1) is 30.4. The van der Waals surface area contributed by atoms with Gasteiger partial charge < -0.3 is 19.4 Å². The number of hydrogen-bond donors (Lipinski definition) is 2. The van der Waals surface area contributed by atoms with Crippen LogP contribution in [0.1, 0.15) is 71.4 Å². The van der Waals surface area contributed by atoms with Gasteiger partial charge in [-0.3, -0.25) is 4.79 Å². The monoisotopic (exact) mass is 520 g/mol. The molecule has 0 amide bonds. The Morgan fingerprint density at radius 2 is 1.92 bits per heavy atom. The number of aryl methyl sites for hydroxylation is 1. The van der Waals surface area contributed by atoms with Crippen molar-refractivity contribution in [2.75, 3.05) is 7.11 Å². The Morgan fingerprint density at radius 3 is 2.47 bits per heavy atom. The zero-order chi connectivity index (χ0) is 27.5. The fourth-order valence-corrected chi connectivity index (χ4v) is 5.88. The molecule has 0 fully saturated rings. The van der Waals surface area contributed by atoms with E-state index in [0.29, 0.717) is 12.0 Å². The van der Waals surface area contributed by atoms with Crippen LogP contribution < -0.4 is 0 Å². The Kier molecular flexibility index (Phi) is 9.90. The summed E-state index contributed by atoms with van der Waals surface area (Å²) in [5.74, 6) is -0.757. The van der Waals surface area contributed by atoms with E-state index < -0.39 is 26.5 Å². The number of carbonyl (C=O) groups is 1. The lowest BCUT2D eigenvalue weighted by molar-refractivity contribution is -0.143. The van der Waals surface area contributed by atoms with Gasteiger partial charge in [-0.1, -0.05) is 52.8 Å². The van der Waals surface area contributed by atoms with E-state index >= 15 is 0 Å². The predicted molar refractivity (Wildman–Crippen MR) is 146 cm³/mol. The van der Waals surface area contributed by atoms with E-state index in [9.17, 15) is 19.4 Å². The zero-order valence-corrected chi connectivity index (χ0v) is 24.4. The number of rotatable bonds is 9. The quantitative estimate of drug-likeness (QED) is 0.294. The van der Waals surface area contributed by atoms with E-state index in [4.69, 9.17) is 4.43 Å². The summed E-state index contributed by atoms with van der Waals surface area (Å²) >= 11 is 0. The number of methoxy groups -OCH3 is 1. The second kappa shape index (κ2) is 11.7. The minimum Gasteiger partial charge on any atom is -0.469 e. The lowest BCUT2D eigenvalue weighted by Crippen LogP contribution is -2.46. The van der Waals surface area contributed by atoms with Crippen molar-refractivity contribution in [2.24, 2.45) is 5.41 Å². The molecule has 1 aromatic rings. The Morgan fingerprint density at radius 1 is 1.28 bits per heavy atom. The fraction of sp³-hybridized carbons (Fsp3) is 0.621. The van der Waals surface area contributed by atoms with Crippen molar-refractivity contribution in [3.8, 4) is 0 Å². The predicted octanol–water partition coefficient (Wildman–Crippen LogP) is 6.33. The zero-order valence-electron chi connectivity index (χ0n) is 23.4. The summed E-state index contributed by atoms with van der Waals surface area (Å²) in [6, 6.07) is 5.19. The van der Waals surface area contributed by atoms with Crippen molar-refractivity contribution >= 4 is 19.9 Å². The van der Waals surface area contributed by atoms with Crippen molar-refractivity contribution in [1.82, 2.24) is 0 Å². The Balaban J connectivity index is 2.44. The van der Waals surface area contributed by atoms with E-state index in [-0.39, 0.29) is 35.2 Å². The van der Waals surface area contributed by atoms with E-state index in [1.807, 2.05) is 18.2 Å². The highest BCUT2D eigenvalue weighted by Crippen LogP contribution is 2.48. The SMILES string of the molecule is COC(=O)CC(O)CC(O)/C=C/C1=C(c2ccc(F)c(C)c2)CC(O[Si](C)(C)C(C)(C)C)CC1(C)C. The molecule has 7 heteroatoms. The molecule has 2 rings (SSSR count). The summed E-state index contributed by atoms with van der Waals surface area (Å²) in [6.07, 6.45) is 3.09. The third-order valence-electron chi connectivity index (χ3n) is 7.63. The lowest BCUT2D eigenvalue weighted by atomic mass is 9.69. The highest BCUT2D eigenvalue weighted by molar-refractivity contribution is 6.74. The average molecular weight is 521 g/mol. The van der Waals surface area contributed by atoms with Crippen LogP contribution in [0.4, 0.5) is 4.39 Å². The molecular weight excluding hydrogens is 475 g/mol. The first-order valence-corrected chi connectivity index (χ1v) is 15.7. The molecule has 0 aliphatic heterocycles. The third kappa shape index (κ3) is 7.85. The number of hydrogen-bond acceptors (Lipinski definition) is 5. The van der Waals surface area contributed by atoms with Crippen LogP contribution in [0.25, 0.3) is 5.57 Å². The normalized spacial score (nSPS) is 20.5. The number of ether oxygens (including phenoxy) is 1. The molecule has 3 unspecified atom stereocenters. The standard InChI is InChI=1S/C29H45FO5Si/c1-19-14-20(10-13-26(19)30)24-17-23(35-36(8,9)28(2,3)4)18-29(5,6)25(24)12-11-21(31)15-22(32)16-27(33)34-7/h10-14,21-23,31-32H,15-18H2,1-9H3/b12-11+. The molecule has 202 valence electrons. The van der Waals surface area contributed by atoms with Crippen molar-refractivity contribution in [1.29, 1.82) is 0 Å². The maximum absolute atomic E-state index is 14.1. The number of aliphatic hydroxyl groups excluding tert-OH is 2. The minimum absolute atomic E-state index is 0.0292. The van der Waals surface area contributed by atoms with Gasteiger partial charge >= 0.3 is 5.97 Å². The summed E-state index contributed by atoms with van der Waals surface area (Å²) in [6.45, 7) is 17.3. The summed E-state index contributed by atoms with van der Waals surface area (Å²) in [5.41, 5.74) is 3.41. The van der Waals surface area contributed by atoms with Crippen LogP contribution >= 0.6 is 0 Å². The van der Waals surface area contributed by atoms with Crippen LogP contribution in [0.2, 0.25) is 18.1 Å². The van der Waals surface area contributed by atoms with Gasteiger partial charge in [0.2, 0.25) is 0 Å². The van der Waals surface area contributed by atoms with Crippen LogP contribution in [0.3, 0.4) is 0 Å². The van der Waals surface area contributed by atoms with Crippen molar-refractivity contribution in [2.45, 2.75) is 104 Å². The molecule has 36 heavy (non-hydrogen) atoms. The molecule has 1 aliphatic carbocycles. The van der Waals surface area contributed by atoms with Crippen molar-refractivity contribution < 1.29 is 28.6 Å². The fourth-order valence-electron chi connectivity index (χ4n) is 4.53. The number of allylic oxidation sites excluding steroid dienone is 2. The molecule has 0 heterocycles. The molecule has 1 aromatic carbocycles. The van der Waals surface area contributed by atoms with Gasteiger partial charge in [0, 0.05) is 12.5 Å². The van der Waals surface area contributed by atoms with Crippen LogP contribution in [0.5, 0.6) is 0 Å². The Labute approximate surface area is 217 Å². The third-order valence-corrected chi connectivity index (χ3v) is 12.2. The van der Waals surface area contributed by atoms with Gasteiger partial charge in [-0.15, -0.1) is 0 Å². The molecule has 5 nitrogen and oxygen atoms in total. The topological polar surface area (TPSA) is 76.0 Å². The van der Waals surface area contributed by atoms with Crippen molar-refractivity contribution in [3.63, 3.8) is 0 Å². The van der Waals surface area contributed by atoms with Gasteiger partial charge in [-0.2, -0.15) is 0 Å². The van der Waals surface area contributed by atoms with Gasteiger partial charge in [0.1, 0.15) is 5.82 Å². The summed E-state index contributed by atoms with van der Waals surface area (Å²) in [7, 11) is -0.737. The second-order valence-corrected chi connectivity index (χ2v) is 17.0. The van der Waals surface area contributed by atoms with Gasteiger partial charge in [-0.25, -0.2) is 4.39 Å². The van der Waals surface area contributed by atoms with Gasteiger partial charge in [-0.05, 0) is 77.7 Å². The van der Waals surface area contributed by atoms with E-state index in [1.54, 1.807) is 13.0 Å². The number of halogens is 1. The molecule has 0 bridgehead atoms. The van der Waals surface area contributed by atoms with Crippen LogP contribution in [-0.4, -0.2) is 49.9 Å². The minimum atomic E-state index is -2.00. The van der Waals surface area contributed by atoms with E-state index in [0.717, 1.165) is 23.1 Å². The highest BCUT2D eigenvalue weighted by atomic mass is 28.4. The molecular formula is C29H45FO5Si. The smallest absolute Gasteiger partial charge is 0.308 e. The number of esters is 1. The van der Waals surface area contributed by atoms with E-state index in [2.05, 4.69) is 52.4 Å². The van der Waals surface area contributed by atoms with Gasteiger partial charge in [0.05, 0.1) is 25.7 Å². The molecule has 2 N–H and O–H groups in total. The number of benzene rings is 1. The Bertz CT molecular complexity index is 990. The summed E-state index contributed by atoms with van der Waals surface area (Å²) in [4.78, 5) is 11.4. The van der Waals surface area contributed by atoms with Gasteiger partial charge in [0.25, 0.3) is 0 Å². The number of aliphatic hydroxyl groups is 2. The van der Waals surface area contributed by atoms with E-state index in [1.165, 1.54) is 13.2 Å². The lowest BCUT2D eigenvalue weighted by Gasteiger charge is -2.45. The molecule has 0 radical (unpaired) electrons. The van der Waals surface area contributed by atoms with Crippen molar-refractivity contribution in [3.05, 3.63) is 52.9 Å². The van der Waals surface area contributed by atoms with Crippen LogP contribution in [0.15, 0.2) is 35.9 Å². The largest absolute Gasteiger partial charge is 0.469 e. The first-order valence-electron chi connectivity index (χ1n) is 12.8. The van der Waals surface area contributed by atoms with Crippen LogP contribution in [-0.2, 0) is 14.0 Å². The number of carbonyl (C=O) groups excluding carboxylic acids is 1. The Hall–Kier alpha value is -1.80. The molecule has 0 spiro atoms. The average Bonchev–Trinajstić information content (AvgIpc) is 2.72. The maximum atomic E-state index is 14.1. The summed E-state index contributed by atoms with van der Waals surface area (Å²) < 4.78 is 25.5. The first-order chi connectivity index (χ1) is 16.5.